The molecule has 1 fully saturated rings. The smallest absolute Gasteiger partial charge is 0.276 e. The Bertz CT molecular complexity index is 818. The van der Waals surface area contributed by atoms with Crippen LogP contribution in [0.5, 0.6) is 0 Å². The zero-order valence-corrected chi connectivity index (χ0v) is 14.7. The highest BCUT2D eigenvalue weighted by Gasteiger charge is 2.38. The van der Waals surface area contributed by atoms with Crippen molar-refractivity contribution >= 4 is 32.6 Å². The average molecular weight is 339 g/mol. The predicted molar refractivity (Wildman–Crippen MR) is 102 cm³/mol. The molecule has 4 nitrogen and oxygen atoms in total. The molecule has 2 aliphatic heterocycles. The number of anilines is 2. The van der Waals surface area contributed by atoms with Crippen LogP contribution < -0.4 is 15.3 Å². The van der Waals surface area contributed by atoms with Gasteiger partial charge in [-0.25, -0.2) is 10.4 Å². The summed E-state index contributed by atoms with van der Waals surface area (Å²) < 4.78 is 0. The highest BCUT2D eigenvalue weighted by molar-refractivity contribution is 8.17. The molecule has 2 atom stereocenters. The SMILES string of the molecule is CCN1C/S(=C2\C(=O)N(c3ccccc3)NC2C)c2ccccc21. The number of rotatable bonds is 2. The van der Waals surface area contributed by atoms with E-state index in [0.29, 0.717) is 0 Å². The van der Waals surface area contributed by atoms with Crippen molar-refractivity contribution in [1.82, 2.24) is 5.43 Å². The summed E-state index contributed by atoms with van der Waals surface area (Å²) in [4.78, 5) is 17.8. The second-order valence-electron chi connectivity index (χ2n) is 6.03. The predicted octanol–water partition coefficient (Wildman–Crippen LogP) is 3.22. The first-order chi connectivity index (χ1) is 11.7. The Labute approximate surface area is 145 Å². The molecule has 2 aromatic carbocycles. The third-order valence-corrected chi connectivity index (χ3v) is 7.05. The first-order valence-corrected chi connectivity index (χ1v) is 9.67. The second kappa shape index (κ2) is 6.07. The largest absolute Gasteiger partial charge is 0.362 e. The van der Waals surface area contributed by atoms with Gasteiger partial charge < -0.3 is 4.90 Å². The number of hydrazine groups is 1. The van der Waals surface area contributed by atoms with Gasteiger partial charge in [0, 0.05) is 11.4 Å². The fourth-order valence-corrected chi connectivity index (χ4v) is 5.99. The van der Waals surface area contributed by atoms with Crippen molar-refractivity contribution in [2.75, 3.05) is 22.3 Å². The van der Waals surface area contributed by atoms with Crippen molar-refractivity contribution in [2.24, 2.45) is 0 Å². The number of amides is 1. The maximum absolute atomic E-state index is 13.1. The number of nitrogens with zero attached hydrogens (tertiary/aromatic N) is 2. The number of benzene rings is 2. The molecule has 2 heterocycles. The van der Waals surface area contributed by atoms with E-state index in [-0.39, 0.29) is 22.4 Å². The van der Waals surface area contributed by atoms with Gasteiger partial charge in [0.1, 0.15) is 0 Å². The maximum Gasteiger partial charge on any atom is 0.276 e. The van der Waals surface area contributed by atoms with Gasteiger partial charge in [0.25, 0.3) is 5.91 Å². The van der Waals surface area contributed by atoms with Gasteiger partial charge in [-0.05, 0) is 38.1 Å². The van der Waals surface area contributed by atoms with Gasteiger partial charge in [-0.3, -0.25) is 4.79 Å². The molecular weight excluding hydrogens is 318 g/mol. The molecule has 0 aromatic heterocycles. The van der Waals surface area contributed by atoms with Crippen LogP contribution >= 0.6 is 10.5 Å². The van der Waals surface area contributed by atoms with Gasteiger partial charge in [0.2, 0.25) is 0 Å². The quantitative estimate of drug-likeness (QED) is 0.854. The number of para-hydroxylation sites is 2. The number of nitrogens with one attached hydrogen (secondary N) is 1. The number of hydrogen-bond acceptors (Lipinski definition) is 3. The van der Waals surface area contributed by atoms with Gasteiger partial charge in [-0.2, -0.15) is 0 Å². The molecule has 0 aliphatic carbocycles. The van der Waals surface area contributed by atoms with E-state index in [1.807, 2.05) is 30.3 Å². The molecule has 4 rings (SSSR count). The average Bonchev–Trinajstić information content (AvgIpc) is 3.13. The van der Waals surface area contributed by atoms with E-state index in [2.05, 4.69) is 48.4 Å². The summed E-state index contributed by atoms with van der Waals surface area (Å²) >= 11 is 0. The van der Waals surface area contributed by atoms with Crippen molar-refractivity contribution in [3.05, 3.63) is 54.6 Å². The van der Waals surface area contributed by atoms with E-state index in [9.17, 15) is 4.79 Å². The summed E-state index contributed by atoms with van der Waals surface area (Å²) in [5.74, 6) is 1.01. The van der Waals surface area contributed by atoms with Crippen LogP contribution in [0.4, 0.5) is 11.4 Å². The number of carbonyl (C=O) groups excluding carboxylic acids is 1. The van der Waals surface area contributed by atoms with Crippen molar-refractivity contribution in [3.8, 4) is 0 Å². The van der Waals surface area contributed by atoms with E-state index in [1.165, 1.54) is 10.6 Å². The third-order valence-electron chi connectivity index (χ3n) is 4.55. The third kappa shape index (κ3) is 2.36. The van der Waals surface area contributed by atoms with Crippen molar-refractivity contribution < 1.29 is 4.79 Å². The van der Waals surface area contributed by atoms with Crippen LogP contribution in [0.1, 0.15) is 13.8 Å². The number of hydrogen-bond donors (Lipinski definition) is 1. The molecule has 2 unspecified atom stereocenters. The lowest BCUT2D eigenvalue weighted by Gasteiger charge is -2.16. The Kier molecular flexibility index (Phi) is 3.90. The van der Waals surface area contributed by atoms with E-state index >= 15 is 0 Å². The topological polar surface area (TPSA) is 35.6 Å². The summed E-state index contributed by atoms with van der Waals surface area (Å²) in [6.45, 7) is 5.22. The van der Waals surface area contributed by atoms with Crippen LogP contribution in [-0.4, -0.2) is 29.2 Å². The fraction of sp³-hybridized carbons (Fsp3) is 0.263. The summed E-state index contributed by atoms with van der Waals surface area (Å²) in [7, 11) is -0.173. The van der Waals surface area contributed by atoms with E-state index in [1.54, 1.807) is 5.01 Å². The summed E-state index contributed by atoms with van der Waals surface area (Å²) in [6, 6.07) is 18.3. The van der Waals surface area contributed by atoms with Crippen LogP contribution in [-0.2, 0) is 4.79 Å². The van der Waals surface area contributed by atoms with Gasteiger partial charge in [0.15, 0.2) is 0 Å². The Morgan fingerprint density at radius 2 is 1.83 bits per heavy atom. The summed E-state index contributed by atoms with van der Waals surface area (Å²) in [5.41, 5.74) is 5.51. The first-order valence-electron chi connectivity index (χ1n) is 8.28. The lowest BCUT2D eigenvalue weighted by molar-refractivity contribution is -0.112. The van der Waals surface area contributed by atoms with Crippen LogP contribution in [0.15, 0.2) is 59.5 Å². The lowest BCUT2D eigenvalue weighted by atomic mass is 10.2. The summed E-state index contributed by atoms with van der Waals surface area (Å²) in [5, 5.41) is 1.70. The Balaban J connectivity index is 1.79. The van der Waals surface area contributed by atoms with Gasteiger partial charge in [-0.1, -0.05) is 30.3 Å². The van der Waals surface area contributed by atoms with Crippen LogP contribution in [0.2, 0.25) is 0 Å². The molecule has 0 spiro atoms. The Hall–Kier alpha value is -2.11. The fourth-order valence-electron chi connectivity index (χ4n) is 3.37. The normalized spacial score (nSPS) is 24.6. The molecule has 1 amide bonds. The molecule has 0 saturated carbocycles. The zero-order chi connectivity index (χ0) is 16.7. The highest BCUT2D eigenvalue weighted by Crippen LogP contribution is 2.45. The van der Waals surface area contributed by atoms with Crippen molar-refractivity contribution in [2.45, 2.75) is 24.8 Å². The second-order valence-corrected chi connectivity index (χ2v) is 7.95. The molecular formula is C19H21N3OS. The van der Waals surface area contributed by atoms with Crippen molar-refractivity contribution in [3.63, 3.8) is 0 Å². The molecule has 2 aliphatic rings. The van der Waals surface area contributed by atoms with E-state index in [0.717, 1.165) is 23.0 Å². The first kappa shape index (κ1) is 15.4. The molecule has 0 radical (unpaired) electrons. The Morgan fingerprint density at radius 1 is 1.12 bits per heavy atom. The van der Waals surface area contributed by atoms with E-state index < -0.39 is 0 Å². The van der Waals surface area contributed by atoms with Crippen LogP contribution in [0.3, 0.4) is 0 Å². The minimum atomic E-state index is -0.173. The van der Waals surface area contributed by atoms with Gasteiger partial charge >= 0.3 is 0 Å². The number of carbonyl (C=O) groups is 1. The minimum absolute atomic E-state index is 0.0471. The molecule has 1 N–H and O–H groups in total. The van der Waals surface area contributed by atoms with Crippen molar-refractivity contribution in [1.29, 1.82) is 0 Å². The van der Waals surface area contributed by atoms with Gasteiger partial charge in [-0.15, -0.1) is 10.5 Å². The maximum atomic E-state index is 13.1. The molecule has 2 aromatic rings. The highest BCUT2D eigenvalue weighted by atomic mass is 32.2. The minimum Gasteiger partial charge on any atom is -0.362 e. The van der Waals surface area contributed by atoms with Crippen LogP contribution in [0.25, 0.3) is 0 Å². The Morgan fingerprint density at radius 3 is 2.58 bits per heavy atom. The van der Waals surface area contributed by atoms with E-state index in [4.69, 9.17) is 0 Å². The van der Waals surface area contributed by atoms with Gasteiger partial charge in [0.05, 0.1) is 28.2 Å². The summed E-state index contributed by atoms with van der Waals surface area (Å²) in [6.07, 6.45) is 0. The van der Waals surface area contributed by atoms with Crippen LogP contribution in [0, 0.1) is 0 Å². The zero-order valence-electron chi connectivity index (χ0n) is 13.9. The standard InChI is InChI=1S/C19H21N3OS/c1-3-21-13-24(17-12-8-7-11-16(17)21)18-14(2)20-22(19(18)23)15-9-5-4-6-10-15/h4-12,14,20H,3,13H2,1-2H3. The molecule has 0 bridgehead atoms. The monoisotopic (exact) mass is 339 g/mol. The molecule has 24 heavy (non-hydrogen) atoms. The number of fused-ring (bicyclic) bond motifs is 1. The molecule has 5 heteroatoms. The molecule has 1 saturated heterocycles. The molecule has 124 valence electrons. The lowest BCUT2D eigenvalue weighted by Crippen LogP contribution is -2.36.